The van der Waals surface area contributed by atoms with Crippen LogP contribution in [0.25, 0.3) is 0 Å². The summed E-state index contributed by atoms with van der Waals surface area (Å²) in [5.41, 5.74) is 1.43. The summed E-state index contributed by atoms with van der Waals surface area (Å²) in [7, 11) is 0. The Kier molecular flexibility index (Phi) is 3.35. The average molecular weight is 245 g/mol. The summed E-state index contributed by atoms with van der Waals surface area (Å²) in [5.74, 6) is 0.630. The first-order valence-electron chi connectivity index (χ1n) is 5.12. The molecule has 4 heteroatoms. The number of furan rings is 1. The first-order chi connectivity index (χ1) is 8.16. The minimum absolute atomic E-state index is 0.0255. The van der Waals surface area contributed by atoms with E-state index in [4.69, 9.17) is 16.6 Å². The van der Waals surface area contributed by atoms with Crippen molar-refractivity contribution in [2.45, 2.75) is 6.92 Å². The average Bonchev–Trinajstić information content (AvgIpc) is 2.82. The van der Waals surface area contributed by atoms with Crippen molar-refractivity contribution >= 4 is 28.7 Å². The molecular formula is C13H11NO2S. The zero-order chi connectivity index (χ0) is 12.3. The topological polar surface area (TPSA) is 42.2 Å². The van der Waals surface area contributed by atoms with E-state index in [0.29, 0.717) is 16.3 Å². The third kappa shape index (κ3) is 2.79. The lowest BCUT2D eigenvalue weighted by molar-refractivity contribution is 0.101. The van der Waals surface area contributed by atoms with E-state index in [2.05, 4.69) is 5.32 Å². The molecule has 2 rings (SSSR count). The Morgan fingerprint density at radius 2 is 2.12 bits per heavy atom. The predicted molar refractivity (Wildman–Crippen MR) is 70.5 cm³/mol. The maximum absolute atomic E-state index is 11.2. The summed E-state index contributed by atoms with van der Waals surface area (Å²) in [6, 6.07) is 10.7. The third-order valence-electron chi connectivity index (χ3n) is 2.27. The molecule has 86 valence electrons. The van der Waals surface area contributed by atoms with E-state index in [9.17, 15) is 4.79 Å². The molecule has 0 saturated heterocycles. The molecule has 0 atom stereocenters. The highest BCUT2D eigenvalue weighted by Crippen LogP contribution is 2.13. The maximum Gasteiger partial charge on any atom is 0.161 e. The van der Waals surface area contributed by atoms with Gasteiger partial charge < -0.3 is 9.73 Å². The highest BCUT2D eigenvalue weighted by molar-refractivity contribution is 7.81. The van der Waals surface area contributed by atoms with E-state index in [0.717, 1.165) is 5.69 Å². The Hall–Kier alpha value is -1.94. The summed E-state index contributed by atoms with van der Waals surface area (Å²) >= 11 is 5.18. The Labute approximate surface area is 104 Å². The minimum Gasteiger partial charge on any atom is -0.462 e. The largest absolute Gasteiger partial charge is 0.462 e. The number of hydrogen-bond acceptors (Lipinski definition) is 3. The number of ketones is 1. The zero-order valence-corrected chi connectivity index (χ0v) is 10.1. The first kappa shape index (κ1) is 11.5. The summed E-state index contributed by atoms with van der Waals surface area (Å²) in [5, 5.41) is 3.03. The van der Waals surface area contributed by atoms with E-state index in [1.165, 1.54) is 6.92 Å². The molecule has 0 aliphatic rings. The summed E-state index contributed by atoms with van der Waals surface area (Å²) in [4.78, 5) is 11.7. The van der Waals surface area contributed by atoms with Crippen molar-refractivity contribution in [3.05, 3.63) is 54.0 Å². The molecule has 0 unspecified atom stereocenters. The monoisotopic (exact) mass is 245 g/mol. The van der Waals surface area contributed by atoms with Crippen LogP contribution in [-0.2, 0) is 0 Å². The molecule has 0 bridgehead atoms. The molecule has 0 radical (unpaired) electrons. The van der Waals surface area contributed by atoms with Gasteiger partial charge in [-0.3, -0.25) is 4.79 Å². The number of carbonyl (C=O) groups is 1. The highest BCUT2D eigenvalue weighted by atomic mass is 32.1. The molecule has 1 aromatic heterocycles. The van der Waals surface area contributed by atoms with E-state index >= 15 is 0 Å². The van der Waals surface area contributed by atoms with E-state index in [1.807, 2.05) is 12.1 Å². The van der Waals surface area contributed by atoms with Gasteiger partial charge in [-0.05, 0) is 31.2 Å². The van der Waals surface area contributed by atoms with Gasteiger partial charge >= 0.3 is 0 Å². The SMILES string of the molecule is CC(=O)c1cccc(NC(=S)c2ccco2)c1. The molecule has 3 nitrogen and oxygen atoms in total. The van der Waals surface area contributed by atoms with Gasteiger partial charge in [0.05, 0.1) is 6.26 Å². The molecule has 0 fully saturated rings. The second-order valence-electron chi connectivity index (χ2n) is 3.57. The second-order valence-corrected chi connectivity index (χ2v) is 3.98. The van der Waals surface area contributed by atoms with Crippen LogP contribution in [0.1, 0.15) is 23.0 Å². The van der Waals surface area contributed by atoms with Gasteiger partial charge in [0.1, 0.15) is 4.99 Å². The van der Waals surface area contributed by atoms with Crippen LogP contribution in [0, 0.1) is 0 Å². The van der Waals surface area contributed by atoms with E-state index < -0.39 is 0 Å². The second kappa shape index (κ2) is 4.93. The summed E-state index contributed by atoms with van der Waals surface area (Å²) in [6.07, 6.45) is 1.56. The van der Waals surface area contributed by atoms with Crippen LogP contribution in [0.4, 0.5) is 5.69 Å². The van der Waals surface area contributed by atoms with Crippen LogP contribution in [0.2, 0.25) is 0 Å². The lowest BCUT2D eigenvalue weighted by Gasteiger charge is -2.06. The molecule has 17 heavy (non-hydrogen) atoms. The summed E-state index contributed by atoms with van der Waals surface area (Å²) < 4.78 is 5.17. The Bertz CT molecular complexity index is 546. The third-order valence-corrected chi connectivity index (χ3v) is 2.58. The standard InChI is InChI=1S/C13H11NO2S/c1-9(15)10-4-2-5-11(8-10)14-13(17)12-6-3-7-16-12/h2-8H,1H3,(H,14,17). The molecule has 0 aliphatic heterocycles. The van der Waals surface area contributed by atoms with Gasteiger partial charge in [-0.1, -0.05) is 24.4 Å². The highest BCUT2D eigenvalue weighted by Gasteiger charge is 2.05. The Morgan fingerprint density at radius 1 is 1.29 bits per heavy atom. The first-order valence-corrected chi connectivity index (χ1v) is 5.53. The lowest BCUT2D eigenvalue weighted by Crippen LogP contribution is -2.09. The van der Waals surface area contributed by atoms with Crippen molar-refractivity contribution in [1.82, 2.24) is 0 Å². The van der Waals surface area contributed by atoms with Crippen LogP contribution in [0.15, 0.2) is 47.1 Å². The van der Waals surface area contributed by atoms with Crippen LogP contribution in [0.3, 0.4) is 0 Å². The van der Waals surface area contributed by atoms with Crippen molar-refractivity contribution in [2.75, 3.05) is 5.32 Å². The zero-order valence-electron chi connectivity index (χ0n) is 9.27. The molecular weight excluding hydrogens is 234 g/mol. The molecule has 0 aliphatic carbocycles. The van der Waals surface area contributed by atoms with Crippen LogP contribution in [0.5, 0.6) is 0 Å². The fourth-order valence-corrected chi connectivity index (χ4v) is 1.65. The number of anilines is 1. The predicted octanol–water partition coefficient (Wildman–Crippen LogP) is 3.27. The molecule has 0 spiro atoms. The number of thiocarbonyl (C=S) groups is 1. The van der Waals surface area contributed by atoms with Crippen molar-refractivity contribution in [3.63, 3.8) is 0 Å². The van der Waals surface area contributed by atoms with Gasteiger partial charge in [0.15, 0.2) is 11.5 Å². The molecule has 1 N–H and O–H groups in total. The van der Waals surface area contributed by atoms with Gasteiger partial charge in [-0.25, -0.2) is 0 Å². The fraction of sp³-hybridized carbons (Fsp3) is 0.0769. The van der Waals surface area contributed by atoms with Crippen LogP contribution >= 0.6 is 12.2 Å². The number of Topliss-reactive ketones (excluding diaryl/α,β-unsaturated/α-hetero) is 1. The Morgan fingerprint density at radius 3 is 2.76 bits per heavy atom. The fourth-order valence-electron chi connectivity index (χ4n) is 1.42. The van der Waals surface area contributed by atoms with Crippen LogP contribution in [-0.4, -0.2) is 10.8 Å². The maximum atomic E-state index is 11.2. The van der Waals surface area contributed by atoms with Crippen LogP contribution < -0.4 is 5.32 Å². The smallest absolute Gasteiger partial charge is 0.161 e. The van der Waals surface area contributed by atoms with Gasteiger partial charge in [-0.15, -0.1) is 0 Å². The van der Waals surface area contributed by atoms with Crippen molar-refractivity contribution in [2.24, 2.45) is 0 Å². The van der Waals surface area contributed by atoms with E-state index in [-0.39, 0.29) is 5.78 Å². The Balaban J connectivity index is 2.16. The van der Waals surface area contributed by atoms with Gasteiger partial charge in [-0.2, -0.15) is 0 Å². The summed E-state index contributed by atoms with van der Waals surface area (Å²) in [6.45, 7) is 1.53. The minimum atomic E-state index is 0.0255. The molecule has 0 saturated carbocycles. The number of benzene rings is 1. The molecule has 1 aromatic carbocycles. The number of carbonyl (C=O) groups excluding carboxylic acids is 1. The van der Waals surface area contributed by atoms with Crippen molar-refractivity contribution < 1.29 is 9.21 Å². The van der Waals surface area contributed by atoms with E-state index in [1.54, 1.807) is 30.5 Å². The van der Waals surface area contributed by atoms with Gasteiger partial charge in [0, 0.05) is 11.3 Å². The van der Waals surface area contributed by atoms with Crippen molar-refractivity contribution in [3.8, 4) is 0 Å². The number of nitrogens with one attached hydrogen (secondary N) is 1. The number of rotatable bonds is 3. The molecule has 2 aromatic rings. The van der Waals surface area contributed by atoms with Crippen molar-refractivity contribution in [1.29, 1.82) is 0 Å². The number of hydrogen-bond donors (Lipinski definition) is 1. The molecule has 1 heterocycles. The van der Waals surface area contributed by atoms with Gasteiger partial charge in [0.25, 0.3) is 0 Å². The quantitative estimate of drug-likeness (QED) is 0.665. The van der Waals surface area contributed by atoms with Gasteiger partial charge in [0.2, 0.25) is 0 Å². The molecule has 0 amide bonds. The lowest BCUT2D eigenvalue weighted by atomic mass is 10.1. The normalized spacial score (nSPS) is 9.94.